The maximum absolute atomic E-state index is 12.7. The molecule has 1 aromatic heterocycles. The van der Waals surface area contributed by atoms with Crippen LogP contribution in [0.15, 0.2) is 24.4 Å². The number of methoxy groups -OCH3 is 1. The van der Waals surface area contributed by atoms with Crippen LogP contribution < -0.4 is 10.1 Å². The zero-order valence-corrected chi connectivity index (χ0v) is 17.1. The Balaban J connectivity index is 2.39. The minimum Gasteiger partial charge on any atom is -0.497 e. The number of ether oxygens (including phenoxy) is 2. The molecule has 0 bridgehead atoms. The molecule has 0 aliphatic carbocycles. The SMILES string of the molecule is CCCN(CCC)C(=O)CNc1c(C(=O)OCC)cnc2ccc(OC)cc12. The van der Waals surface area contributed by atoms with Crippen LogP contribution >= 0.6 is 0 Å². The number of fused-ring (bicyclic) bond motifs is 1. The maximum atomic E-state index is 12.7. The molecular formula is C21H29N3O4. The largest absolute Gasteiger partial charge is 0.497 e. The number of carbonyl (C=O) groups excluding carboxylic acids is 2. The molecule has 0 saturated heterocycles. The van der Waals surface area contributed by atoms with Crippen LogP contribution in [0.1, 0.15) is 44.0 Å². The summed E-state index contributed by atoms with van der Waals surface area (Å²) in [7, 11) is 1.58. The lowest BCUT2D eigenvalue weighted by Crippen LogP contribution is -2.36. The Morgan fingerprint density at radius 2 is 1.86 bits per heavy atom. The van der Waals surface area contributed by atoms with Gasteiger partial charge in [0.2, 0.25) is 5.91 Å². The van der Waals surface area contributed by atoms with Gasteiger partial charge in [0.15, 0.2) is 0 Å². The van der Waals surface area contributed by atoms with Gasteiger partial charge in [0.05, 0.1) is 31.5 Å². The van der Waals surface area contributed by atoms with Gasteiger partial charge >= 0.3 is 5.97 Å². The second-order valence-electron chi connectivity index (χ2n) is 6.38. The summed E-state index contributed by atoms with van der Waals surface area (Å²) >= 11 is 0. The fourth-order valence-corrected chi connectivity index (χ4v) is 3.03. The highest BCUT2D eigenvalue weighted by Crippen LogP contribution is 2.29. The van der Waals surface area contributed by atoms with Gasteiger partial charge in [0, 0.05) is 24.7 Å². The number of benzene rings is 1. The minimum absolute atomic E-state index is 0.00799. The number of pyridine rings is 1. The Morgan fingerprint density at radius 3 is 2.46 bits per heavy atom. The summed E-state index contributed by atoms with van der Waals surface area (Å²) < 4.78 is 10.5. The number of anilines is 1. The monoisotopic (exact) mass is 387 g/mol. The molecule has 0 atom stereocenters. The first-order valence-electron chi connectivity index (χ1n) is 9.71. The van der Waals surface area contributed by atoms with E-state index in [4.69, 9.17) is 9.47 Å². The number of nitrogens with one attached hydrogen (secondary N) is 1. The standard InChI is InChI=1S/C21H29N3O4/c1-5-10-24(11-6-2)19(25)14-23-20-16-12-15(27-4)8-9-18(16)22-13-17(20)21(26)28-7-3/h8-9,12-13H,5-7,10-11,14H2,1-4H3,(H,22,23). The van der Waals surface area contributed by atoms with Crippen LogP contribution in [0.5, 0.6) is 5.75 Å². The number of hydrogen-bond donors (Lipinski definition) is 1. The lowest BCUT2D eigenvalue weighted by atomic mass is 10.1. The highest BCUT2D eigenvalue weighted by Gasteiger charge is 2.19. The van der Waals surface area contributed by atoms with Crippen molar-refractivity contribution in [2.24, 2.45) is 0 Å². The summed E-state index contributed by atoms with van der Waals surface area (Å²) in [6.07, 6.45) is 3.28. The van der Waals surface area contributed by atoms with Gasteiger partial charge in [0.25, 0.3) is 0 Å². The van der Waals surface area contributed by atoms with E-state index < -0.39 is 5.97 Å². The van der Waals surface area contributed by atoms with Crippen molar-refractivity contribution in [3.8, 4) is 5.75 Å². The van der Waals surface area contributed by atoms with E-state index in [-0.39, 0.29) is 19.1 Å². The Bertz CT molecular complexity index is 817. The van der Waals surface area contributed by atoms with Gasteiger partial charge in [-0.05, 0) is 38.0 Å². The van der Waals surface area contributed by atoms with Gasteiger partial charge < -0.3 is 19.7 Å². The Morgan fingerprint density at radius 1 is 1.14 bits per heavy atom. The fourth-order valence-electron chi connectivity index (χ4n) is 3.03. The van der Waals surface area contributed by atoms with Crippen molar-refractivity contribution in [2.75, 3.05) is 38.7 Å². The zero-order valence-electron chi connectivity index (χ0n) is 17.1. The summed E-state index contributed by atoms with van der Waals surface area (Å²) in [6, 6.07) is 5.42. The normalized spacial score (nSPS) is 10.6. The zero-order chi connectivity index (χ0) is 20.5. The predicted molar refractivity (Wildman–Crippen MR) is 110 cm³/mol. The van der Waals surface area contributed by atoms with E-state index >= 15 is 0 Å². The van der Waals surface area contributed by atoms with E-state index in [1.54, 1.807) is 26.2 Å². The third kappa shape index (κ3) is 5.12. The molecule has 7 heteroatoms. The lowest BCUT2D eigenvalue weighted by molar-refractivity contribution is -0.129. The first-order chi connectivity index (χ1) is 13.5. The first kappa shape index (κ1) is 21.5. The molecule has 2 aromatic rings. The van der Waals surface area contributed by atoms with Crippen molar-refractivity contribution in [1.82, 2.24) is 9.88 Å². The Kier molecular flexibility index (Phi) is 8.04. The number of amides is 1. The second kappa shape index (κ2) is 10.5. The molecule has 0 unspecified atom stereocenters. The highest BCUT2D eigenvalue weighted by atomic mass is 16.5. The minimum atomic E-state index is -0.478. The number of hydrogen-bond acceptors (Lipinski definition) is 6. The van der Waals surface area contributed by atoms with Crippen molar-refractivity contribution in [3.63, 3.8) is 0 Å². The number of nitrogens with zero attached hydrogens (tertiary/aromatic N) is 2. The molecule has 1 amide bonds. The third-order valence-corrected chi connectivity index (χ3v) is 4.33. The van der Waals surface area contributed by atoms with Crippen LogP contribution in [0, 0.1) is 0 Å². The van der Waals surface area contributed by atoms with E-state index in [0.717, 1.165) is 12.8 Å². The van der Waals surface area contributed by atoms with Crippen LogP contribution in [-0.2, 0) is 9.53 Å². The van der Waals surface area contributed by atoms with Gasteiger partial charge in [-0.15, -0.1) is 0 Å². The van der Waals surface area contributed by atoms with Crippen LogP contribution in [-0.4, -0.2) is 55.1 Å². The van der Waals surface area contributed by atoms with Gasteiger partial charge in [-0.3, -0.25) is 9.78 Å². The fraction of sp³-hybridized carbons (Fsp3) is 0.476. The summed E-state index contributed by atoms with van der Waals surface area (Å²) in [6.45, 7) is 7.61. The summed E-state index contributed by atoms with van der Waals surface area (Å²) in [4.78, 5) is 31.3. The van der Waals surface area contributed by atoms with Crippen LogP contribution in [0.2, 0.25) is 0 Å². The van der Waals surface area contributed by atoms with Crippen LogP contribution in [0.3, 0.4) is 0 Å². The number of aromatic nitrogens is 1. The number of carbonyl (C=O) groups is 2. The topological polar surface area (TPSA) is 80.8 Å². The molecule has 0 radical (unpaired) electrons. The maximum Gasteiger partial charge on any atom is 0.341 e. The van der Waals surface area contributed by atoms with E-state index in [9.17, 15) is 9.59 Å². The molecule has 2 rings (SSSR count). The van der Waals surface area contributed by atoms with Crippen molar-refractivity contribution in [2.45, 2.75) is 33.6 Å². The summed E-state index contributed by atoms with van der Waals surface area (Å²) in [5, 5.41) is 3.86. The molecule has 0 saturated carbocycles. The molecule has 28 heavy (non-hydrogen) atoms. The molecule has 0 spiro atoms. The molecule has 1 heterocycles. The lowest BCUT2D eigenvalue weighted by Gasteiger charge is -2.22. The van der Waals surface area contributed by atoms with E-state index in [2.05, 4.69) is 10.3 Å². The molecule has 7 nitrogen and oxygen atoms in total. The van der Waals surface area contributed by atoms with Gasteiger partial charge in [-0.1, -0.05) is 13.8 Å². The Labute approximate surface area is 166 Å². The predicted octanol–water partition coefficient (Wildman–Crippen LogP) is 3.48. The smallest absolute Gasteiger partial charge is 0.341 e. The molecule has 0 aliphatic heterocycles. The molecule has 0 fully saturated rings. The molecule has 0 aliphatic rings. The molecular weight excluding hydrogens is 358 g/mol. The van der Waals surface area contributed by atoms with Crippen molar-refractivity contribution in [3.05, 3.63) is 30.0 Å². The van der Waals surface area contributed by atoms with E-state index in [1.807, 2.05) is 24.8 Å². The average Bonchev–Trinajstić information content (AvgIpc) is 2.71. The highest BCUT2D eigenvalue weighted by molar-refractivity contribution is 6.05. The summed E-state index contributed by atoms with van der Waals surface area (Å²) in [5.74, 6) is 0.156. The van der Waals surface area contributed by atoms with E-state index in [0.29, 0.717) is 41.0 Å². The van der Waals surface area contributed by atoms with Crippen LogP contribution in [0.4, 0.5) is 5.69 Å². The average molecular weight is 387 g/mol. The first-order valence-corrected chi connectivity index (χ1v) is 9.71. The molecule has 1 aromatic carbocycles. The molecule has 152 valence electrons. The second-order valence-corrected chi connectivity index (χ2v) is 6.38. The number of esters is 1. The Hall–Kier alpha value is -2.83. The van der Waals surface area contributed by atoms with Crippen molar-refractivity contribution in [1.29, 1.82) is 0 Å². The number of rotatable bonds is 10. The van der Waals surface area contributed by atoms with Crippen molar-refractivity contribution >= 4 is 28.5 Å². The molecule has 1 N–H and O–H groups in total. The van der Waals surface area contributed by atoms with Gasteiger partial charge in [0.1, 0.15) is 11.3 Å². The third-order valence-electron chi connectivity index (χ3n) is 4.33. The van der Waals surface area contributed by atoms with Gasteiger partial charge in [-0.2, -0.15) is 0 Å². The quantitative estimate of drug-likeness (QED) is 0.629. The van der Waals surface area contributed by atoms with Gasteiger partial charge in [-0.25, -0.2) is 4.79 Å². The van der Waals surface area contributed by atoms with E-state index in [1.165, 1.54) is 6.20 Å². The summed E-state index contributed by atoms with van der Waals surface area (Å²) in [5.41, 5.74) is 1.53. The van der Waals surface area contributed by atoms with Crippen molar-refractivity contribution < 1.29 is 19.1 Å². The van der Waals surface area contributed by atoms with Crippen LogP contribution in [0.25, 0.3) is 10.9 Å².